The van der Waals surface area contributed by atoms with Gasteiger partial charge in [-0.2, -0.15) is 0 Å². The first-order valence-corrected chi connectivity index (χ1v) is 6.18. The number of nitrogens with zero attached hydrogens (tertiary/aromatic N) is 2. The van der Waals surface area contributed by atoms with Gasteiger partial charge in [-0.1, -0.05) is 12.1 Å². The molecule has 0 radical (unpaired) electrons. The third-order valence-electron chi connectivity index (χ3n) is 3.49. The fraction of sp³-hybridized carbons (Fsp3) is 0.308. The predicted molar refractivity (Wildman–Crippen MR) is 71.9 cm³/mol. The van der Waals surface area contributed by atoms with Gasteiger partial charge in [-0.3, -0.25) is 14.6 Å². The standard InChI is InChI=1S/C13H14N4O2/c14-11(18)8-5-6-17(7-8)13-15-10-4-2-1-3-9(10)12(19)16-13/h1-4,8H,5-7H2,(H2,14,18)(H,15,16,19). The summed E-state index contributed by atoms with van der Waals surface area (Å²) in [5, 5.41) is 0.567. The number of fused-ring (bicyclic) bond motifs is 1. The second-order valence-corrected chi connectivity index (χ2v) is 4.74. The fourth-order valence-electron chi connectivity index (χ4n) is 2.41. The predicted octanol–water partition coefficient (Wildman–Crippen LogP) is 0.235. The molecular weight excluding hydrogens is 244 g/mol. The number of primary amides is 1. The Morgan fingerprint density at radius 2 is 2.21 bits per heavy atom. The molecule has 1 fully saturated rings. The van der Waals surface area contributed by atoms with Crippen LogP contribution in [0.4, 0.5) is 5.95 Å². The topological polar surface area (TPSA) is 92.1 Å². The van der Waals surface area contributed by atoms with E-state index in [0.717, 1.165) is 0 Å². The van der Waals surface area contributed by atoms with E-state index in [1.165, 1.54) is 0 Å². The quantitative estimate of drug-likeness (QED) is 0.806. The Bertz CT molecular complexity index is 694. The monoisotopic (exact) mass is 258 g/mol. The number of benzene rings is 1. The molecule has 1 aliphatic heterocycles. The summed E-state index contributed by atoms with van der Waals surface area (Å²) < 4.78 is 0. The van der Waals surface area contributed by atoms with Gasteiger partial charge >= 0.3 is 0 Å². The van der Waals surface area contributed by atoms with Crippen LogP contribution in [0.5, 0.6) is 0 Å². The summed E-state index contributed by atoms with van der Waals surface area (Å²) in [6, 6.07) is 7.18. The van der Waals surface area contributed by atoms with Crippen LogP contribution in [0.1, 0.15) is 6.42 Å². The number of carbonyl (C=O) groups is 1. The Morgan fingerprint density at radius 1 is 1.42 bits per heavy atom. The Balaban J connectivity index is 1.98. The smallest absolute Gasteiger partial charge is 0.260 e. The highest BCUT2D eigenvalue weighted by atomic mass is 16.1. The Kier molecular flexibility index (Phi) is 2.70. The summed E-state index contributed by atoms with van der Waals surface area (Å²) >= 11 is 0. The summed E-state index contributed by atoms with van der Waals surface area (Å²) in [6.07, 6.45) is 0.700. The van der Waals surface area contributed by atoms with Crippen molar-refractivity contribution in [2.75, 3.05) is 18.0 Å². The number of hydrogen-bond acceptors (Lipinski definition) is 4. The number of rotatable bonds is 2. The molecule has 1 aromatic carbocycles. The Labute approximate surface area is 109 Å². The number of H-pyrrole nitrogens is 1. The van der Waals surface area contributed by atoms with Crippen molar-refractivity contribution in [1.82, 2.24) is 9.97 Å². The molecule has 2 heterocycles. The zero-order valence-electron chi connectivity index (χ0n) is 10.3. The van der Waals surface area contributed by atoms with Gasteiger partial charge in [0.15, 0.2) is 0 Å². The van der Waals surface area contributed by atoms with Gasteiger partial charge in [0.2, 0.25) is 11.9 Å². The number of aromatic amines is 1. The van der Waals surface area contributed by atoms with Crippen molar-refractivity contribution in [1.29, 1.82) is 0 Å². The van der Waals surface area contributed by atoms with Crippen LogP contribution in [0.2, 0.25) is 0 Å². The van der Waals surface area contributed by atoms with Gasteiger partial charge in [0, 0.05) is 13.1 Å². The van der Waals surface area contributed by atoms with Crippen LogP contribution in [0.15, 0.2) is 29.1 Å². The summed E-state index contributed by atoms with van der Waals surface area (Å²) in [5.74, 6) is 0.0369. The number of para-hydroxylation sites is 1. The molecule has 0 aliphatic carbocycles. The fourth-order valence-corrected chi connectivity index (χ4v) is 2.41. The molecule has 1 unspecified atom stereocenters. The van der Waals surface area contributed by atoms with E-state index in [-0.39, 0.29) is 17.4 Å². The molecule has 3 N–H and O–H groups in total. The molecule has 19 heavy (non-hydrogen) atoms. The zero-order valence-corrected chi connectivity index (χ0v) is 10.3. The highest BCUT2D eigenvalue weighted by molar-refractivity contribution is 5.79. The van der Waals surface area contributed by atoms with E-state index in [1.54, 1.807) is 18.2 Å². The van der Waals surface area contributed by atoms with Gasteiger partial charge in [-0.05, 0) is 18.6 Å². The Hall–Kier alpha value is -2.37. The number of carbonyl (C=O) groups excluding carboxylic acids is 1. The van der Waals surface area contributed by atoms with E-state index in [1.807, 2.05) is 11.0 Å². The molecule has 0 spiro atoms. The lowest BCUT2D eigenvalue weighted by molar-refractivity contribution is -0.121. The number of hydrogen-bond donors (Lipinski definition) is 2. The highest BCUT2D eigenvalue weighted by Gasteiger charge is 2.28. The second-order valence-electron chi connectivity index (χ2n) is 4.74. The Morgan fingerprint density at radius 3 is 2.95 bits per heavy atom. The van der Waals surface area contributed by atoms with Gasteiger partial charge in [0.05, 0.1) is 16.8 Å². The van der Waals surface area contributed by atoms with E-state index in [4.69, 9.17) is 5.73 Å². The molecule has 1 atom stereocenters. The highest BCUT2D eigenvalue weighted by Crippen LogP contribution is 2.20. The summed E-state index contributed by atoms with van der Waals surface area (Å²) in [5.41, 5.74) is 5.79. The van der Waals surface area contributed by atoms with Crippen LogP contribution in [-0.4, -0.2) is 29.0 Å². The molecule has 2 aromatic rings. The number of nitrogens with one attached hydrogen (secondary N) is 1. The molecule has 1 aliphatic rings. The number of aromatic nitrogens is 2. The summed E-state index contributed by atoms with van der Waals surface area (Å²) in [7, 11) is 0. The maximum Gasteiger partial charge on any atom is 0.260 e. The third kappa shape index (κ3) is 2.05. The largest absolute Gasteiger partial charge is 0.369 e. The second kappa shape index (κ2) is 4.38. The lowest BCUT2D eigenvalue weighted by Gasteiger charge is -2.16. The zero-order chi connectivity index (χ0) is 13.4. The average Bonchev–Trinajstić information content (AvgIpc) is 2.88. The van der Waals surface area contributed by atoms with Crippen LogP contribution < -0.4 is 16.2 Å². The normalized spacial score (nSPS) is 18.9. The van der Waals surface area contributed by atoms with Crippen LogP contribution in [0, 0.1) is 5.92 Å². The van der Waals surface area contributed by atoms with Crippen molar-refractivity contribution in [3.63, 3.8) is 0 Å². The van der Waals surface area contributed by atoms with Crippen molar-refractivity contribution >= 4 is 22.8 Å². The molecule has 3 rings (SSSR count). The van der Waals surface area contributed by atoms with Crippen LogP contribution in [-0.2, 0) is 4.79 Å². The van der Waals surface area contributed by atoms with Gasteiger partial charge < -0.3 is 10.6 Å². The van der Waals surface area contributed by atoms with E-state index < -0.39 is 0 Å². The molecule has 1 saturated heterocycles. The van der Waals surface area contributed by atoms with Gasteiger partial charge in [-0.15, -0.1) is 0 Å². The minimum atomic E-state index is -0.300. The lowest BCUT2D eigenvalue weighted by atomic mass is 10.1. The maximum absolute atomic E-state index is 12.0. The van der Waals surface area contributed by atoms with Crippen LogP contribution in [0.3, 0.4) is 0 Å². The minimum absolute atomic E-state index is 0.164. The van der Waals surface area contributed by atoms with E-state index in [2.05, 4.69) is 9.97 Å². The minimum Gasteiger partial charge on any atom is -0.369 e. The van der Waals surface area contributed by atoms with E-state index >= 15 is 0 Å². The number of nitrogens with two attached hydrogens (primary N) is 1. The average molecular weight is 258 g/mol. The van der Waals surface area contributed by atoms with Gasteiger partial charge in [-0.25, -0.2) is 4.98 Å². The maximum atomic E-state index is 12.0. The molecule has 98 valence electrons. The third-order valence-corrected chi connectivity index (χ3v) is 3.49. The summed E-state index contributed by atoms with van der Waals surface area (Å²) in [6.45, 7) is 1.19. The SMILES string of the molecule is NC(=O)C1CCN(c2nc3ccccc3c(=O)[nH]2)C1. The first kappa shape index (κ1) is 11.7. The molecule has 0 saturated carbocycles. The van der Waals surface area contributed by atoms with E-state index in [9.17, 15) is 9.59 Å². The summed E-state index contributed by atoms with van der Waals surface area (Å²) in [4.78, 5) is 32.2. The molecule has 1 aromatic heterocycles. The van der Waals surface area contributed by atoms with Crippen LogP contribution >= 0.6 is 0 Å². The first-order chi connectivity index (χ1) is 9.15. The van der Waals surface area contributed by atoms with Gasteiger partial charge in [0.25, 0.3) is 5.56 Å². The van der Waals surface area contributed by atoms with Gasteiger partial charge in [0.1, 0.15) is 0 Å². The van der Waals surface area contributed by atoms with E-state index in [0.29, 0.717) is 36.4 Å². The van der Waals surface area contributed by atoms with Crippen molar-refractivity contribution in [3.05, 3.63) is 34.6 Å². The molecular formula is C13H14N4O2. The number of anilines is 1. The van der Waals surface area contributed by atoms with Crippen LogP contribution in [0.25, 0.3) is 10.9 Å². The molecule has 1 amide bonds. The first-order valence-electron chi connectivity index (χ1n) is 6.18. The lowest BCUT2D eigenvalue weighted by Crippen LogP contribution is -2.29. The molecule has 6 nitrogen and oxygen atoms in total. The van der Waals surface area contributed by atoms with Crippen molar-refractivity contribution in [2.24, 2.45) is 11.7 Å². The molecule has 0 bridgehead atoms. The molecule has 6 heteroatoms. The van der Waals surface area contributed by atoms with Crippen molar-refractivity contribution < 1.29 is 4.79 Å². The van der Waals surface area contributed by atoms with Crippen molar-refractivity contribution in [3.8, 4) is 0 Å². The van der Waals surface area contributed by atoms with Crippen molar-refractivity contribution in [2.45, 2.75) is 6.42 Å². The number of amides is 1.